The fraction of sp³-hybridized carbons (Fsp3) is 1.00. The third-order valence-electron chi connectivity index (χ3n) is 1.67. The molecule has 1 rings (SSSR count). The van der Waals surface area contributed by atoms with Gasteiger partial charge in [0.1, 0.15) is 0 Å². The topological polar surface area (TPSA) is 20.3 Å². The summed E-state index contributed by atoms with van der Waals surface area (Å²) in [5.74, 6) is 0. The van der Waals surface area contributed by atoms with Crippen LogP contribution in [-0.2, 0) is 4.46 Å². The van der Waals surface area contributed by atoms with E-state index in [1.807, 2.05) is 0 Å². The summed E-state index contributed by atoms with van der Waals surface area (Å²) in [5.41, 5.74) is 0. The van der Waals surface area contributed by atoms with Gasteiger partial charge in [0.15, 0.2) is 0 Å². The summed E-state index contributed by atoms with van der Waals surface area (Å²) in [7, 11) is -1.30. The highest BCUT2D eigenvalue weighted by Crippen LogP contribution is 2.07. The van der Waals surface area contributed by atoms with Gasteiger partial charge in [0, 0.05) is 19.1 Å². The van der Waals surface area contributed by atoms with E-state index in [0.29, 0.717) is 0 Å². The Morgan fingerprint density at radius 1 is 1.56 bits per heavy atom. The molecule has 9 heavy (non-hydrogen) atoms. The molecule has 0 N–H and O–H groups in total. The van der Waals surface area contributed by atoms with Gasteiger partial charge in [0.2, 0.25) is 0 Å². The molecule has 0 saturated carbocycles. The Balaban J connectivity index is 2.16. The van der Waals surface area contributed by atoms with Crippen molar-refractivity contribution in [1.82, 2.24) is 4.57 Å². The molecule has 0 aliphatic carbocycles. The van der Waals surface area contributed by atoms with Gasteiger partial charge in [-0.2, -0.15) is 0 Å². The van der Waals surface area contributed by atoms with Crippen LogP contribution in [0, 0.1) is 0 Å². The lowest BCUT2D eigenvalue weighted by molar-refractivity contribution is 0.288. The van der Waals surface area contributed by atoms with E-state index in [4.69, 9.17) is 0 Å². The van der Waals surface area contributed by atoms with E-state index in [9.17, 15) is 4.46 Å². The zero-order chi connectivity index (χ0) is 6.69. The highest BCUT2D eigenvalue weighted by Gasteiger charge is 2.20. The van der Waals surface area contributed by atoms with Gasteiger partial charge in [-0.3, -0.25) is 0 Å². The van der Waals surface area contributed by atoms with Crippen LogP contribution in [0.2, 0.25) is 6.04 Å². The number of hydrogen-bond donors (Lipinski definition) is 0. The summed E-state index contributed by atoms with van der Waals surface area (Å²) >= 11 is 0. The minimum Gasteiger partial charge on any atom is -0.377 e. The molecule has 1 saturated heterocycles. The van der Waals surface area contributed by atoms with Crippen molar-refractivity contribution < 1.29 is 4.46 Å². The van der Waals surface area contributed by atoms with Gasteiger partial charge in [-0.1, -0.05) is 13.3 Å². The van der Waals surface area contributed by atoms with Crippen LogP contribution in [0.5, 0.6) is 0 Å². The third-order valence-corrected chi connectivity index (χ3v) is 3.75. The van der Waals surface area contributed by atoms with Crippen LogP contribution in [0.4, 0.5) is 0 Å². The lowest BCUT2D eigenvalue weighted by Gasteiger charge is -2.30. The number of nitrogens with zero attached hydrogens (tertiary/aromatic N) is 1. The summed E-state index contributed by atoms with van der Waals surface area (Å²) < 4.78 is 13.2. The smallest absolute Gasteiger partial charge is 0.377 e. The maximum absolute atomic E-state index is 11.1. The quantitative estimate of drug-likeness (QED) is 0.550. The van der Waals surface area contributed by atoms with E-state index in [2.05, 4.69) is 11.5 Å². The molecule has 0 aromatic heterocycles. The number of hydrogen-bond acceptors (Lipinski definition) is 1. The molecule has 0 amide bonds. The molecule has 0 atom stereocenters. The van der Waals surface area contributed by atoms with Gasteiger partial charge >= 0.3 is 8.84 Å². The van der Waals surface area contributed by atoms with Crippen LogP contribution < -0.4 is 0 Å². The molecule has 2 nitrogen and oxygen atoms in total. The first-order chi connectivity index (χ1) is 4.34. The Kier molecular flexibility index (Phi) is 2.39. The van der Waals surface area contributed by atoms with Crippen molar-refractivity contribution in [2.24, 2.45) is 0 Å². The summed E-state index contributed by atoms with van der Waals surface area (Å²) in [4.78, 5) is 0. The zero-order valence-electron chi connectivity index (χ0n) is 5.89. The highest BCUT2D eigenvalue weighted by atomic mass is 28.3. The first-order valence-corrected chi connectivity index (χ1v) is 5.18. The average molecular weight is 143 g/mol. The second-order valence-corrected chi connectivity index (χ2v) is 4.40. The van der Waals surface area contributed by atoms with Crippen LogP contribution in [0.25, 0.3) is 0 Å². The van der Waals surface area contributed by atoms with Crippen LogP contribution in [0.15, 0.2) is 0 Å². The maximum atomic E-state index is 11.1. The fourth-order valence-corrected chi connectivity index (χ4v) is 2.50. The van der Waals surface area contributed by atoms with Crippen molar-refractivity contribution in [1.29, 1.82) is 0 Å². The van der Waals surface area contributed by atoms with Crippen LogP contribution in [0.3, 0.4) is 0 Å². The van der Waals surface area contributed by atoms with Gasteiger partial charge in [0.05, 0.1) is 0 Å². The van der Waals surface area contributed by atoms with Gasteiger partial charge in [0.25, 0.3) is 0 Å². The molecule has 52 valence electrons. The summed E-state index contributed by atoms with van der Waals surface area (Å²) in [6.07, 6.45) is 2.31. The van der Waals surface area contributed by atoms with E-state index in [1.54, 1.807) is 0 Å². The number of rotatable bonds is 3. The van der Waals surface area contributed by atoms with E-state index in [1.165, 1.54) is 6.42 Å². The SMILES string of the molecule is CCC[Si](=O)N1CCC1. The van der Waals surface area contributed by atoms with Crippen molar-refractivity contribution >= 4 is 8.84 Å². The van der Waals surface area contributed by atoms with Crippen molar-refractivity contribution in [3.63, 3.8) is 0 Å². The summed E-state index contributed by atoms with van der Waals surface area (Å²) in [6, 6.07) is 0.921. The van der Waals surface area contributed by atoms with E-state index < -0.39 is 8.84 Å². The van der Waals surface area contributed by atoms with E-state index in [0.717, 1.165) is 25.6 Å². The lowest BCUT2D eigenvalue weighted by Crippen LogP contribution is -2.43. The normalized spacial score (nSPS) is 17.2. The molecule has 3 heteroatoms. The zero-order valence-corrected chi connectivity index (χ0v) is 6.89. The maximum Gasteiger partial charge on any atom is 0.394 e. The highest BCUT2D eigenvalue weighted by molar-refractivity contribution is 6.39. The molecule has 0 radical (unpaired) electrons. The Morgan fingerprint density at radius 2 is 2.22 bits per heavy atom. The van der Waals surface area contributed by atoms with E-state index >= 15 is 0 Å². The molecule has 1 aliphatic rings. The third kappa shape index (κ3) is 1.61. The Labute approximate surface area is 57.6 Å². The Morgan fingerprint density at radius 3 is 2.56 bits per heavy atom. The summed E-state index contributed by atoms with van der Waals surface area (Å²) in [6.45, 7) is 4.25. The van der Waals surface area contributed by atoms with Crippen molar-refractivity contribution in [3.8, 4) is 0 Å². The van der Waals surface area contributed by atoms with Crippen LogP contribution >= 0.6 is 0 Å². The van der Waals surface area contributed by atoms with Gasteiger partial charge in [-0.15, -0.1) is 0 Å². The Hall–Kier alpha value is -0.183. The molecule has 0 unspecified atom stereocenters. The van der Waals surface area contributed by atoms with Crippen molar-refractivity contribution in [3.05, 3.63) is 0 Å². The summed E-state index contributed by atoms with van der Waals surface area (Å²) in [5, 5.41) is 0. The minimum absolute atomic E-state index is 0.921. The molecule has 1 fully saturated rings. The Bertz CT molecular complexity index is 112. The predicted octanol–water partition coefficient (Wildman–Crippen LogP) is 1.02. The van der Waals surface area contributed by atoms with Crippen molar-refractivity contribution in [2.75, 3.05) is 13.1 Å². The molecule has 0 spiro atoms. The van der Waals surface area contributed by atoms with Gasteiger partial charge in [-0.25, -0.2) is 0 Å². The second kappa shape index (κ2) is 3.10. The molecule has 0 bridgehead atoms. The largest absolute Gasteiger partial charge is 0.394 e. The lowest BCUT2D eigenvalue weighted by atomic mass is 10.3. The first kappa shape index (κ1) is 6.93. The average Bonchev–Trinajstić information content (AvgIpc) is 1.60. The minimum atomic E-state index is -1.30. The standard InChI is InChI=1S/C6H13NOSi/c1-2-6-9(8)7-4-3-5-7/h2-6H2,1H3. The van der Waals surface area contributed by atoms with Gasteiger partial charge in [-0.05, 0) is 6.42 Å². The van der Waals surface area contributed by atoms with E-state index in [-0.39, 0.29) is 0 Å². The van der Waals surface area contributed by atoms with Crippen LogP contribution in [0.1, 0.15) is 19.8 Å². The molecule has 1 aliphatic heterocycles. The monoisotopic (exact) mass is 143 g/mol. The first-order valence-electron chi connectivity index (χ1n) is 3.62. The van der Waals surface area contributed by atoms with Gasteiger partial charge < -0.3 is 9.03 Å². The molecule has 1 heterocycles. The second-order valence-electron chi connectivity index (χ2n) is 2.48. The van der Waals surface area contributed by atoms with Crippen LogP contribution in [-0.4, -0.2) is 26.5 Å². The molecular weight excluding hydrogens is 130 g/mol. The predicted molar refractivity (Wildman–Crippen MR) is 37.7 cm³/mol. The molecule has 0 aromatic rings. The molecular formula is C6H13NOSi. The fourth-order valence-electron chi connectivity index (χ4n) is 0.938. The van der Waals surface area contributed by atoms with Crippen molar-refractivity contribution in [2.45, 2.75) is 25.8 Å². The molecule has 0 aromatic carbocycles.